The van der Waals surface area contributed by atoms with Crippen LogP contribution in [0.1, 0.15) is 17.6 Å². The van der Waals surface area contributed by atoms with E-state index in [1.807, 2.05) is 0 Å². The predicted octanol–water partition coefficient (Wildman–Crippen LogP) is 3.75. The molecule has 0 bridgehead atoms. The standard InChI is InChI=1S/C9H4BrF5N2O/c10-6-4(1-2-16)8(18-9(13,14)15)17-3-5(6)7(11)12/h3,7H,1H2. The van der Waals surface area contributed by atoms with Gasteiger partial charge >= 0.3 is 6.36 Å². The van der Waals surface area contributed by atoms with Crippen molar-refractivity contribution in [2.45, 2.75) is 19.2 Å². The van der Waals surface area contributed by atoms with Crippen LogP contribution >= 0.6 is 15.9 Å². The van der Waals surface area contributed by atoms with Crippen molar-refractivity contribution < 1.29 is 26.7 Å². The third kappa shape index (κ3) is 3.53. The molecule has 0 unspecified atom stereocenters. The van der Waals surface area contributed by atoms with Crippen molar-refractivity contribution >= 4 is 15.9 Å². The maximum Gasteiger partial charge on any atom is 0.574 e. The average Bonchev–Trinajstić information content (AvgIpc) is 2.21. The van der Waals surface area contributed by atoms with Gasteiger partial charge in [0.25, 0.3) is 6.43 Å². The highest BCUT2D eigenvalue weighted by molar-refractivity contribution is 9.10. The highest BCUT2D eigenvalue weighted by atomic mass is 79.9. The summed E-state index contributed by atoms with van der Waals surface area (Å²) in [5.41, 5.74) is -0.970. The molecule has 1 rings (SSSR count). The molecule has 0 spiro atoms. The maximum absolute atomic E-state index is 12.5. The Balaban J connectivity index is 3.28. The minimum Gasteiger partial charge on any atom is -0.388 e. The van der Waals surface area contributed by atoms with Crippen molar-refractivity contribution in [1.82, 2.24) is 4.98 Å². The molecule has 9 heteroatoms. The molecule has 3 nitrogen and oxygen atoms in total. The van der Waals surface area contributed by atoms with Crippen LogP contribution in [0.25, 0.3) is 0 Å². The average molecular weight is 331 g/mol. The molecule has 0 amide bonds. The van der Waals surface area contributed by atoms with Crippen molar-refractivity contribution in [3.8, 4) is 11.9 Å². The lowest BCUT2D eigenvalue weighted by atomic mass is 10.1. The van der Waals surface area contributed by atoms with Crippen LogP contribution in [0.2, 0.25) is 0 Å². The Morgan fingerprint density at radius 2 is 2.06 bits per heavy atom. The minimum atomic E-state index is -5.01. The number of nitriles is 1. The van der Waals surface area contributed by atoms with Crippen LogP contribution in [0.5, 0.6) is 5.88 Å². The highest BCUT2D eigenvalue weighted by Gasteiger charge is 2.34. The maximum atomic E-state index is 12.5. The lowest BCUT2D eigenvalue weighted by Crippen LogP contribution is -2.19. The van der Waals surface area contributed by atoms with E-state index in [0.717, 1.165) is 0 Å². The molecule has 1 aromatic heterocycles. The molecule has 0 aliphatic rings. The van der Waals surface area contributed by atoms with Crippen LogP contribution in [0, 0.1) is 11.3 Å². The third-order valence-corrected chi connectivity index (χ3v) is 2.74. The molecule has 0 aromatic carbocycles. The predicted molar refractivity (Wildman–Crippen MR) is 52.9 cm³/mol. The molecule has 98 valence electrons. The quantitative estimate of drug-likeness (QED) is 0.793. The van der Waals surface area contributed by atoms with Gasteiger partial charge < -0.3 is 4.74 Å². The molecule has 0 radical (unpaired) electrons. The van der Waals surface area contributed by atoms with Gasteiger partial charge in [0.2, 0.25) is 5.88 Å². The number of pyridine rings is 1. The van der Waals surface area contributed by atoms with E-state index in [1.165, 1.54) is 0 Å². The van der Waals surface area contributed by atoms with Gasteiger partial charge in [0.15, 0.2) is 0 Å². The fourth-order valence-corrected chi connectivity index (χ4v) is 1.70. The van der Waals surface area contributed by atoms with Gasteiger partial charge in [0.1, 0.15) is 0 Å². The molecule has 0 aliphatic heterocycles. The first-order valence-electron chi connectivity index (χ1n) is 4.34. The van der Waals surface area contributed by atoms with Crippen molar-refractivity contribution in [3.63, 3.8) is 0 Å². The fourth-order valence-electron chi connectivity index (χ4n) is 1.11. The Bertz CT molecular complexity index is 483. The monoisotopic (exact) mass is 330 g/mol. The van der Waals surface area contributed by atoms with Crippen molar-refractivity contribution in [2.24, 2.45) is 0 Å². The Labute approximate surface area is 106 Å². The zero-order valence-electron chi connectivity index (χ0n) is 8.43. The number of ether oxygens (including phenoxy) is 1. The smallest absolute Gasteiger partial charge is 0.388 e. The fraction of sp³-hybridized carbons (Fsp3) is 0.333. The molecule has 18 heavy (non-hydrogen) atoms. The Kier molecular flexibility index (Phi) is 4.45. The summed E-state index contributed by atoms with van der Waals surface area (Å²) >= 11 is 2.72. The van der Waals surface area contributed by atoms with Crippen LogP contribution in [-0.2, 0) is 6.42 Å². The van der Waals surface area contributed by atoms with Crippen LogP contribution in [-0.4, -0.2) is 11.3 Å². The number of hydrogen-bond donors (Lipinski definition) is 0. The Morgan fingerprint density at radius 1 is 1.44 bits per heavy atom. The van der Waals surface area contributed by atoms with Crippen molar-refractivity contribution in [1.29, 1.82) is 5.26 Å². The molecular weight excluding hydrogens is 327 g/mol. The first kappa shape index (κ1) is 14.6. The lowest BCUT2D eigenvalue weighted by Gasteiger charge is -2.13. The van der Waals surface area contributed by atoms with E-state index < -0.39 is 30.7 Å². The molecular formula is C9H4BrF5N2O. The van der Waals surface area contributed by atoms with Crippen LogP contribution in [0.3, 0.4) is 0 Å². The number of alkyl halides is 5. The van der Waals surface area contributed by atoms with Crippen molar-refractivity contribution in [3.05, 3.63) is 21.8 Å². The zero-order chi connectivity index (χ0) is 13.9. The molecule has 0 N–H and O–H groups in total. The molecule has 1 heterocycles. The summed E-state index contributed by atoms with van der Waals surface area (Å²) in [4.78, 5) is 3.16. The molecule has 0 fully saturated rings. The summed E-state index contributed by atoms with van der Waals surface area (Å²) in [6, 6.07) is 1.55. The largest absolute Gasteiger partial charge is 0.574 e. The van der Waals surface area contributed by atoms with Gasteiger partial charge in [-0.1, -0.05) is 0 Å². The zero-order valence-corrected chi connectivity index (χ0v) is 10.0. The van der Waals surface area contributed by atoms with E-state index in [2.05, 4.69) is 25.7 Å². The molecule has 0 aliphatic carbocycles. The third-order valence-electron chi connectivity index (χ3n) is 1.80. The molecule has 1 aromatic rings. The highest BCUT2D eigenvalue weighted by Crippen LogP contribution is 2.35. The minimum absolute atomic E-state index is 0.312. The first-order chi connectivity index (χ1) is 8.26. The normalized spacial score (nSPS) is 11.4. The van der Waals surface area contributed by atoms with Gasteiger partial charge in [-0.2, -0.15) is 5.26 Å². The summed E-state index contributed by atoms with van der Waals surface area (Å²) in [6.07, 6.45) is -7.91. The summed E-state index contributed by atoms with van der Waals surface area (Å²) < 4.78 is 64.4. The number of halogens is 6. The second-order valence-electron chi connectivity index (χ2n) is 2.99. The van der Waals surface area contributed by atoms with Gasteiger partial charge in [-0.05, 0) is 15.9 Å². The van der Waals surface area contributed by atoms with Gasteiger partial charge in [0, 0.05) is 16.2 Å². The van der Waals surface area contributed by atoms with E-state index in [1.54, 1.807) is 6.07 Å². The van der Waals surface area contributed by atoms with Gasteiger partial charge in [-0.15, -0.1) is 13.2 Å². The summed E-state index contributed by atoms with van der Waals surface area (Å²) in [5, 5.41) is 8.47. The number of rotatable bonds is 3. The topological polar surface area (TPSA) is 45.9 Å². The summed E-state index contributed by atoms with van der Waals surface area (Å²) in [6.45, 7) is 0. The summed E-state index contributed by atoms with van der Waals surface area (Å²) in [7, 11) is 0. The van der Waals surface area contributed by atoms with Crippen LogP contribution in [0.4, 0.5) is 22.0 Å². The molecule has 0 saturated heterocycles. The lowest BCUT2D eigenvalue weighted by molar-refractivity contribution is -0.276. The van der Waals surface area contributed by atoms with E-state index >= 15 is 0 Å². The van der Waals surface area contributed by atoms with E-state index in [9.17, 15) is 22.0 Å². The second kappa shape index (κ2) is 5.48. The Morgan fingerprint density at radius 3 is 2.50 bits per heavy atom. The van der Waals surface area contributed by atoms with Crippen molar-refractivity contribution in [2.75, 3.05) is 0 Å². The van der Waals surface area contributed by atoms with Crippen LogP contribution < -0.4 is 4.74 Å². The number of hydrogen-bond acceptors (Lipinski definition) is 3. The van der Waals surface area contributed by atoms with E-state index in [-0.39, 0.29) is 10.0 Å². The molecule has 0 atom stereocenters. The second-order valence-corrected chi connectivity index (χ2v) is 3.79. The van der Waals surface area contributed by atoms with E-state index in [0.29, 0.717) is 6.20 Å². The van der Waals surface area contributed by atoms with Crippen LogP contribution in [0.15, 0.2) is 10.7 Å². The number of aromatic nitrogens is 1. The van der Waals surface area contributed by atoms with E-state index in [4.69, 9.17) is 5.26 Å². The van der Waals surface area contributed by atoms with Gasteiger partial charge in [0.05, 0.1) is 18.1 Å². The van der Waals surface area contributed by atoms with Gasteiger partial charge in [-0.3, -0.25) is 0 Å². The molecule has 0 saturated carbocycles. The summed E-state index contributed by atoms with van der Waals surface area (Å²) in [5.74, 6) is -0.916. The SMILES string of the molecule is N#CCc1c(OC(F)(F)F)ncc(C(F)F)c1Br. The Hall–Kier alpha value is -1.43. The van der Waals surface area contributed by atoms with Gasteiger partial charge in [-0.25, -0.2) is 13.8 Å². The number of nitrogens with zero attached hydrogens (tertiary/aromatic N) is 2. The first-order valence-corrected chi connectivity index (χ1v) is 5.13.